The van der Waals surface area contributed by atoms with E-state index in [1.54, 1.807) is 12.5 Å². The van der Waals surface area contributed by atoms with Gasteiger partial charge in [0, 0.05) is 24.0 Å². The zero-order valence-corrected chi connectivity index (χ0v) is 10.9. The van der Waals surface area contributed by atoms with Gasteiger partial charge < -0.3 is 15.6 Å². The molecule has 0 atom stereocenters. The summed E-state index contributed by atoms with van der Waals surface area (Å²) in [5.41, 5.74) is 2.57. The van der Waals surface area contributed by atoms with Crippen molar-refractivity contribution in [2.75, 3.05) is 11.9 Å². The Balaban J connectivity index is 1.88. The van der Waals surface area contributed by atoms with Crippen molar-refractivity contribution in [3.63, 3.8) is 0 Å². The van der Waals surface area contributed by atoms with Crippen LogP contribution < -0.4 is 10.6 Å². The van der Waals surface area contributed by atoms with Gasteiger partial charge in [-0.15, -0.1) is 0 Å². The highest BCUT2D eigenvalue weighted by atomic mass is 16.1. The highest BCUT2D eigenvalue weighted by Gasteiger charge is 2.05. The molecule has 1 aromatic heterocycles. The smallest absolute Gasteiger partial charge is 0.251 e. The Morgan fingerprint density at radius 3 is 2.74 bits per heavy atom. The second kappa shape index (κ2) is 6.58. The fourth-order valence-corrected chi connectivity index (χ4v) is 1.67. The van der Waals surface area contributed by atoms with Gasteiger partial charge in [-0.25, -0.2) is 4.98 Å². The van der Waals surface area contributed by atoms with E-state index in [-0.39, 0.29) is 5.91 Å². The van der Waals surface area contributed by atoms with Crippen molar-refractivity contribution in [1.29, 1.82) is 0 Å². The van der Waals surface area contributed by atoms with Crippen LogP contribution in [0.3, 0.4) is 0 Å². The van der Waals surface area contributed by atoms with E-state index in [9.17, 15) is 4.79 Å². The molecule has 1 heterocycles. The summed E-state index contributed by atoms with van der Waals surface area (Å²) in [4.78, 5) is 18.7. The molecule has 5 heteroatoms. The van der Waals surface area contributed by atoms with Crippen molar-refractivity contribution in [3.05, 3.63) is 48.0 Å². The minimum atomic E-state index is -0.0864. The molecule has 0 bridgehead atoms. The Kier molecular flexibility index (Phi) is 4.55. The number of aromatic amines is 1. The summed E-state index contributed by atoms with van der Waals surface area (Å²) in [6.45, 7) is 3.50. The number of carbonyl (C=O) groups is 1. The zero-order chi connectivity index (χ0) is 13.5. The Morgan fingerprint density at radius 2 is 2.11 bits per heavy atom. The van der Waals surface area contributed by atoms with Crippen LogP contribution in [0.25, 0.3) is 0 Å². The largest absolute Gasteiger partial charge is 0.385 e. The first-order valence-electron chi connectivity index (χ1n) is 6.39. The predicted molar refractivity (Wildman–Crippen MR) is 75.0 cm³/mol. The van der Waals surface area contributed by atoms with Gasteiger partial charge in [0.2, 0.25) is 0 Å². The summed E-state index contributed by atoms with van der Waals surface area (Å²) in [7, 11) is 0. The molecule has 0 unspecified atom stereocenters. The van der Waals surface area contributed by atoms with E-state index >= 15 is 0 Å². The van der Waals surface area contributed by atoms with E-state index in [0.29, 0.717) is 12.1 Å². The first-order chi connectivity index (χ1) is 9.29. The summed E-state index contributed by atoms with van der Waals surface area (Å²) in [5.74, 6) is -0.0864. The maximum absolute atomic E-state index is 11.9. The molecule has 100 valence electrons. The lowest BCUT2D eigenvalue weighted by atomic mass is 10.2. The number of nitrogens with one attached hydrogen (secondary N) is 3. The van der Waals surface area contributed by atoms with Crippen LogP contribution in [-0.2, 0) is 6.54 Å². The topological polar surface area (TPSA) is 69.8 Å². The molecule has 5 nitrogen and oxygen atoms in total. The van der Waals surface area contributed by atoms with Gasteiger partial charge in [-0.1, -0.05) is 6.92 Å². The second-order valence-electron chi connectivity index (χ2n) is 4.26. The Morgan fingerprint density at radius 1 is 1.32 bits per heavy atom. The number of nitrogens with zero attached hydrogens (tertiary/aromatic N) is 1. The molecule has 0 spiro atoms. The van der Waals surface area contributed by atoms with Crippen LogP contribution in [0.5, 0.6) is 0 Å². The molecule has 2 rings (SSSR count). The maximum Gasteiger partial charge on any atom is 0.251 e. The average molecular weight is 258 g/mol. The molecule has 0 radical (unpaired) electrons. The standard InChI is InChI=1S/C14H18N4O/c1-2-7-16-12-5-3-11(4-6-12)14(19)17-9-13-8-15-10-18-13/h3-6,8,10,16H,2,7,9H2,1H3,(H,15,18)(H,17,19). The van der Waals surface area contributed by atoms with E-state index in [1.165, 1.54) is 0 Å². The number of benzene rings is 1. The molecule has 0 aliphatic rings. The van der Waals surface area contributed by atoms with Crippen molar-refractivity contribution in [2.45, 2.75) is 19.9 Å². The number of anilines is 1. The van der Waals surface area contributed by atoms with E-state index in [1.807, 2.05) is 24.3 Å². The van der Waals surface area contributed by atoms with E-state index in [0.717, 1.165) is 24.3 Å². The summed E-state index contributed by atoms with van der Waals surface area (Å²) in [6.07, 6.45) is 4.36. The molecule has 0 aliphatic heterocycles. The summed E-state index contributed by atoms with van der Waals surface area (Å²) >= 11 is 0. The number of carbonyl (C=O) groups excluding carboxylic acids is 1. The second-order valence-corrected chi connectivity index (χ2v) is 4.26. The molecule has 3 N–H and O–H groups in total. The average Bonchev–Trinajstić information content (AvgIpc) is 2.96. The van der Waals surface area contributed by atoms with Gasteiger partial charge in [0.15, 0.2) is 0 Å². The first-order valence-corrected chi connectivity index (χ1v) is 6.39. The van der Waals surface area contributed by atoms with Crippen molar-refractivity contribution < 1.29 is 4.79 Å². The molecule has 2 aromatic rings. The van der Waals surface area contributed by atoms with Crippen molar-refractivity contribution >= 4 is 11.6 Å². The fraction of sp³-hybridized carbons (Fsp3) is 0.286. The fourth-order valence-electron chi connectivity index (χ4n) is 1.67. The molecule has 0 saturated carbocycles. The van der Waals surface area contributed by atoms with Gasteiger partial charge in [0.25, 0.3) is 5.91 Å². The summed E-state index contributed by atoms with van der Waals surface area (Å²) < 4.78 is 0. The van der Waals surface area contributed by atoms with Gasteiger partial charge in [-0.3, -0.25) is 4.79 Å². The minimum absolute atomic E-state index is 0.0864. The summed E-state index contributed by atoms with van der Waals surface area (Å²) in [5, 5.41) is 6.10. The van der Waals surface area contributed by atoms with Crippen LogP contribution in [-0.4, -0.2) is 22.4 Å². The van der Waals surface area contributed by atoms with Crippen LogP contribution >= 0.6 is 0 Å². The SMILES string of the molecule is CCCNc1ccc(C(=O)NCc2cnc[nH]2)cc1. The Bertz CT molecular complexity index is 505. The van der Waals surface area contributed by atoms with Crippen LogP contribution in [0.1, 0.15) is 29.4 Å². The lowest BCUT2D eigenvalue weighted by Crippen LogP contribution is -2.22. The van der Waals surface area contributed by atoms with Crippen molar-refractivity contribution in [1.82, 2.24) is 15.3 Å². The van der Waals surface area contributed by atoms with Crippen LogP contribution in [0.15, 0.2) is 36.8 Å². The molecule has 0 saturated heterocycles. The Hall–Kier alpha value is -2.30. The molecular formula is C14H18N4O. The number of hydrogen-bond acceptors (Lipinski definition) is 3. The number of aromatic nitrogens is 2. The molecular weight excluding hydrogens is 240 g/mol. The van der Waals surface area contributed by atoms with Crippen LogP contribution in [0.2, 0.25) is 0 Å². The molecule has 1 aromatic carbocycles. The molecule has 0 fully saturated rings. The van der Waals surface area contributed by atoms with Gasteiger partial charge in [-0.05, 0) is 30.7 Å². The zero-order valence-electron chi connectivity index (χ0n) is 10.9. The lowest BCUT2D eigenvalue weighted by Gasteiger charge is -2.06. The van der Waals surface area contributed by atoms with Crippen LogP contribution in [0, 0.1) is 0 Å². The number of hydrogen-bond donors (Lipinski definition) is 3. The quantitative estimate of drug-likeness (QED) is 0.743. The van der Waals surface area contributed by atoms with E-state index < -0.39 is 0 Å². The van der Waals surface area contributed by atoms with E-state index in [4.69, 9.17) is 0 Å². The third kappa shape index (κ3) is 3.84. The highest BCUT2D eigenvalue weighted by molar-refractivity contribution is 5.94. The first kappa shape index (κ1) is 13.1. The molecule has 1 amide bonds. The highest BCUT2D eigenvalue weighted by Crippen LogP contribution is 2.09. The molecule has 19 heavy (non-hydrogen) atoms. The number of amides is 1. The van der Waals surface area contributed by atoms with Crippen LogP contribution in [0.4, 0.5) is 5.69 Å². The number of rotatable bonds is 6. The number of H-pyrrole nitrogens is 1. The third-order valence-electron chi connectivity index (χ3n) is 2.72. The predicted octanol–water partition coefficient (Wildman–Crippen LogP) is 2.16. The van der Waals surface area contributed by atoms with Gasteiger partial charge in [0.05, 0.1) is 18.6 Å². The van der Waals surface area contributed by atoms with Gasteiger partial charge in [0.1, 0.15) is 0 Å². The monoisotopic (exact) mass is 258 g/mol. The van der Waals surface area contributed by atoms with E-state index in [2.05, 4.69) is 27.5 Å². The summed E-state index contributed by atoms with van der Waals surface area (Å²) in [6, 6.07) is 7.47. The van der Waals surface area contributed by atoms with Crippen molar-refractivity contribution in [2.24, 2.45) is 0 Å². The molecule has 0 aliphatic carbocycles. The normalized spacial score (nSPS) is 10.2. The maximum atomic E-state index is 11.9. The minimum Gasteiger partial charge on any atom is -0.385 e. The van der Waals surface area contributed by atoms with Gasteiger partial charge in [-0.2, -0.15) is 0 Å². The number of imidazole rings is 1. The van der Waals surface area contributed by atoms with Crippen molar-refractivity contribution in [3.8, 4) is 0 Å². The van der Waals surface area contributed by atoms with Gasteiger partial charge >= 0.3 is 0 Å². The third-order valence-corrected chi connectivity index (χ3v) is 2.72. The lowest BCUT2D eigenvalue weighted by molar-refractivity contribution is 0.0950. The Labute approximate surface area is 112 Å².